The Morgan fingerprint density at radius 2 is 1.73 bits per heavy atom. The van der Waals surface area contributed by atoms with E-state index >= 15 is 0 Å². The first kappa shape index (κ1) is 17.5. The maximum atomic E-state index is 12.1. The average Bonchev–Trinajstić information content (AvgIpc) is 2.38. The predicted molar refractivity (Wildman–Crippen MR) is 70.1 cm³/mol. The van der Waals surface area contributed by atoms with E-state index < -0.39 is 24.1 Å². The molecule has 0 unspecified atom stereocenters. The second-order valence-electron chi connectivity index (χ2n) is 4.44. The highest BCUT2D eigenvalue weighted by molar-refractivity contribution is 5.88. The molecule has 0 spiro atoms. The molecule has 1 aromatic carbocycles. The van der Waals surface area contributed by atoms with Crippen molar-refractivity contribution in [3.63, 3.8) is 0 Å². The molecule has 2 amide bonds. The molecule has 6 nitrogen and oxygen atoms in total. The van der Waals surface area contributed by atoms with Crippen molar-refractivity contribution < 1.29 is 32.7 Å². The van der Waals surface area contributed by atoms with Gasteiger partial charge in [0.1, 0.15) is 6.04 Å². The zero-order valence-corrected chi connectivity index (χ0v) is 11.4. The third kappa shape index (κ3) is 5.43. The lowest BCUT2D eigenvalue weighted by molar-refractivity contribution is -0.175. The lowest BCUT2D eigenvalue weighted by atomic mass is 10.1. The minimum Gasteiger partial charge on any atom is -0.480 e. The van der Waals surface area contributed by atoms with E-state index in [9.17, 15) is 27.6 Å². The van der Waals surface area contributed by atoms with Gasteiger partial charge in [0.05, 0.1) is 0 Å². The summed E-state index contributed by atoms with van der Waals surface area (Å²) in [5.41, 5.74) is 0.853. The number of aliphatic carboxylic acids is 1. The number of carboxylic acids is 1. The number of rotatable bonds is 5. The van der Waals surface area contributed by atoms with Gasteiger partial charge in [-0.2, -0.15) is 13.2 Å². The monoisotopic (exact) mass is 318 g/mol. The van der Waals surface area contributed by atoms with Gasteiger partial charge >= 0.3 is 18.1 Å². The van der Waals surface area contributed by atoms with Crippen molar-refractivity contribution in [3.8, 4) is 0 Å². The molecule has 0 heterocycles. The van der Waals surface area contributed by atoms with Gasteiger partial charge in [-0.1, -0.05) is 12.1 Å². The standard InChI is InChI=1S/C13H13F3N2O4/c1-7(19)17-9-4-2-8(3-5-9)6-10(11(20)21)18-12(22)13(14,15)16/h2-5,10H,6H2,1H3,(H,17,19)(H,18,22)(H,20,21)/t10-/m0/s1. The number of carbonyl (C=O) groups excluding carboxylic acids is 2. The Hall–Kier alpha value is -2.58. The highest BCUT2D eigenvalue weighted by Gasteiger charge is 2.40. The van der Waals surface area contributed by atoms with E-state index in [1.165, 1.54) is 36.5 Å². The molecule has 3 N–H and O–H groups in total. The minimum atomic E-state index is -5.15. The lowest BCUT2D eigenvalue weighted by Gasteiger charge is -2.16. The molecular weight excluding hydrogens is 305 g/mol. The second-order valence-corrected chi connectivity index (χ2v) is 4.44. The number of benzene rings is 1. The first-order valence-corrected chi connectivity index (χ1v) is 6.06. The summed E-state index contributed by atoms with van der Waals surface area (Å²) in [7, 11) is 0. The molecule has 1 aromatic rings. The Morgan fingerprint density at radius 3 is 2.14 bits per heavy atom. The van der Waals surface area contributed by atoms with Gasteiger partial charge in [0.2, 0.25) is 5.91 Å². The Bertz CT molecular complexity index is 570. The Kier molecular flexibility index (Phi) is 5.50. The van der Waals surface area contributed by atoms with Gasteiger partial charge in [0.25, 0.3) is 0 Å². The van der Waals surface area contributed by atoms with E-state index in [1.807, 2.05) is 0 Å². The summed E-state index contributed by atoms with van der Waals surface area (Å²) in [5.74, 6) is -4.19. The van der Waals surface area contributed by atoms with Crippen LogP contribution in [-0.4, -0.2) is 35.1 Å². The summed E-state index contributed by atoms with van der Waals surface area (Å²) in [5, 5.41) is 12.8. The smallest absolute Gasteiger partial charge is 0.471 e. The van der Waals surface area contributed by atoms with Crippen LogP contribution in [0.25, 0.3) is 0 Å². The third-order valence-corrected chi connectivity index (χ3v) is 2.58. The van der Waals surface area contributed by atoms with Crippen LogP contribution in [0.3, 0.4) is 0 Å². The molecule has 0 aliphatic carbocycles. The Morgan fingerprint density at radius 1 is 1.18 bits per heavy atom. The SMILES string of the molecule is CC(=O)Nc1ccc(C[C@H](NC(=O)C(F)(F)F)C(=O)O)cc1. The highest BCUT2D eigenvalue weighted by atomic mass is 19.4. The fourth-order valence-corrected chi connectivity index (χ4v) is 1.60. The van der Waals surface area contributed by atoms with Crippen LogP contribution >= 0.6 is 0 Å². The number of hydrogen-bond acceptors (Lipinski definition) is 3. The molecule has 0 saturated heterocycles. The molecule has 22 heavy (non-hydrogen) atoms. The van der Waals surface area contributed by atoms with E-state index in [2.05, 4.69) is 5.32 Å². The van der Waals surface area contributed by atoms with Crippen LogP contribution in [0, 0.1) is 0 Å². The van der Waals surface area contributed by atoms with Gasteiger partial charge in [0, 0.05) is 19.0 Å². The molecule has 0 aliphatic heterocycles. The first-order valence-electron chi connectivity index (χ1n) is 6.06. The van der Waals surface area contributed by atoms with Crippen molar-refractivity contribution in [2.24, 2.45) is 0 Å². The van der Waals surface area contributed by atoms with Crippen LogP contribution in [-0.2, 0) is 20.8 Å². The van der Waals surface area contributed by atoms with Gasteiger partial charge in [-0.25, -0.2) is 4.79 Å². The molecule has 0 aromatic heterocycles. The van der Waals surface area contributed by atoms with Crippen molar-refractivity contribution in [2.45, 2.75) is 25.6 Å². The molecule has 9 heteroatoms. The van der Waals surface area contributed by atoms with Gasteiger partial charge in [-0.3, -0.25) is 9.59 Å². The third-order valence-electron chi connectivity index (χ3n) is 2.58. The summed E-state index contributed by atoms with van der Waals surface area (Å²) >= 11 is 0. The quantitative estimate of drug-likeness (QED) is 0.763. The van der Waals surface area contributed by atoms with Crippen LogP contribution in [0.5, 0.6) is 0 Å². The van der Waals surface area contributed by atoms with Crippen molar-refractivity contribution in [1.82, 2.24) is 5.32 Å². The number of amides is 2. The topological polar surface area (TPSA) is 95.5 Å². The van der Waals surface area contributed by atoms with Crippen molar-refractivity contribution in [1.29, 1.82) is 0 Å². The maximum Gasteiger partial charge on any atom is 0.471 e. The zero-order chi connectivity index (χ0) is 16.9. The fraction of sp³-hybridized carbons (Fsp3) is 0.308. The number of carbonyl (C=O) groups is 3. The Labute approximate surface area is 123 Å². The van der Waals surface area contributed by atoms with E-state index in [0.29, 0.717) is 11.3 Å². The van der Waals surface area contributed by atoms with Gasteiger partial charge in [-0.15, -0.1) is 0 Å². The van der Waals surface area contributed by atoms with Crippen LogP contribution in [0.4, 0.5) is 18.9 Å². The van der Waals surface area contributed by atoms with Crippen LogP contribution in [0.2, 0.25) is 0 Å². The molecule has 0 bridgehead atoms. The Balaban J connectivity index is 2.77. The first-order chi connectivity index (χ1) is 10.1. The largest absolute Gasteiger partial charge is 0.480 e. The van der Waals surface area contributed by atoms with E-state index in [-0.39, 0.29) is 12.3 Å². The predicted octanol–water partition coefficient (Wildman–Crippen LogP) is 1.32. The molecule has 1 rings (SSSR count). The number of anilines is 1. The highest BCUT2D eigenvalue weighted by Crippen LogP contribution is 2.16. The van der Waals surface area contributed by atoms with Gasteiger partial charge < -0.3 is 15.7 Å². The number of halogens is 3. The molecule has 1 atom stereocenters. The number of alkyl halides is 3. The van der Waals surface area contributed by atoms with Crippen molar-refractivity contribution in [2.75, 3.05) is 5.32 Å². The lowest BCUT2D eigenvalue weighted by Crippen LogP contribution is -2.47. The molecular formula is C13H13F3N2O4. The van der Waals surface area contributed by atoms with Gasteiger partial charge in [0.15, 0.2) is 0 Å². The molecule has 0 fully saturated rings. The summed E-state index contributed by atoms with van der Waals surface area (Å²) in [6.07, 6.45) is -5.47. The summed E-state index contributed by atoms with van der Waals surface area (Å²) in [4.78, 5) is 32.6. The van der Waals surface area contributed by atoms with Crippen LogP contribution in [0.15, 0.2) is 24.3 Å². The maximum absolute atomic E-state index is 12.1. The average molecular weight is 318 g/mol. The number of nitrogens with one attached hydrogen (secondary N) is 2. The molecule has 0 aliphatic rings. The van der Waals surface area contributed by atoms with E-state index in [1.54, 1.807) is 0 Å². The van der Waals surface area contributed by atoms with E-state index in [0.717, 1.165) is 0 Å². The summed E-state index contributed by atoms with van der Waals surface area (Å²) in [6, 6.07) is 4.13. The number of carboxylic acid groups (broad SMARTS) is 1. The number of hydrogen-bond donors (Lipinski definition) is 3. The molecule has 120 valence electrons. The van der Waals surface area contributed by atoms with Crippen molar-refractivity contribution >= 4 is 23.5 Å². The summed E-state index contributed by atoms with van der Waals surface area (Å²) < 4.78 is 36.4. The van der Waals surface area contributed by atoms with Crippen LogP contribution < -0.4 is 10.6 Å². The summed E-state index contributed by atoms with van der Waals surface area (Å²) in [6.45, 7) is 1.31. The second kappa shape index (κ2) is 6.92. The molecule has 0 radical (unpaired) electrons. The van der Waals surface area contributed by atoms with E-state index in [4.69, 9.17) is 5.11 Å². The fourth-order valence-electron chi connectivity index (χ4n) is 1.60. The zero-order valence-electron chi connectivity index (χ0n) is 11.4. The normalized spacial score (nSPS) is 12.4. The van der Waals surface area contributed by atoms with Crippen LogP contribution in [0.1, 0.15) is 12.5 Å². The minimum absolute atomic E-state index is 0.298. The van der Waals surface area contributed by atoms with Gasteiger partial charge in [-0.05, 0) is 17.7 Å². The van der Waals surface area contributed by atoms with Crippen molar-refractivity contribution in [3.05, 3.63) is 29.8 Å². The molecule has 0 saturated carbocycles.